The van der Waals surface area contributed by atoms with E-state index < -0.39 is 0 Å². The SMILES string of the molecule is CC1CC(CN)CN1C(=O)[C@@H](C)N.Cl. The summed E-state index contributed by atoms with van der Waals surface area (Å²) in [5.74, 6) is 0.501. The predicted molar refractivity (Wildman–Crippen MR) is 59.2 cm³/mol. The Balaban J connectivity index is 0.00000169. The Morgan fingerprint density at radius 2 is 2.21 bits per heavy atom. The second kappa shape index (κ2) is 5.53. The van der Waals surface area contributed by atoms with Crippen LogP contribution in [0.1, 0.15) is 20.3 Å². The van der Waals surface area contributed by atoms with Crippen molar-refractivity contribution in [3.05, 3.63) is 0 Å². The summed E-state index contributed by atoms with van der Waals surface area (Å²) < 4.78 is 0. The summed E-state index contributed by atoms with van der Waals surface area (Å²) in [4.78, 5) is 13.4. The van der Waals surface area contributed by atoms with E-state index in [-0.39, 0.29) is 24.4 Å². The normalized spacial score (nSPS) is 28.4. The van der Waals surface area contributed by atoms with E-state index >= 15 is 0 Å². The third-order valence-corrected chi connectivity index (χ3v) is 2.67. The minimum absolute atomic E-state index is 0. The van der Waals surface area contributed by atoms with Gasteiger partial charge in [-0.1, -0.05) is 0 Å². The zero-order chi connectivity index (χ0) is 10.0. The van der Waals surface area contributed by atoms with Gasteiger partial charge in [0.05, 0.1) is 6.04 Å². The molecule has 0 aromatic carbocycles. The summed E-state index contributed by atoms with van der Waals surface area (Å²) in [6.07, 6.45) is 1.01. The van der Waals surface area contributed by atoms with Gasteiger partial charge < -0.3 is 16.4 Å². The van der Waals surface area contributed by atoms with Crippen LogP contribution in [0.5, 0.6) is 0 Å². The Kier molecular flexibility index (Phi) is 5.41. The monoisotopic (exact) mass is 221 g/mol. The van der Waals surface area contributed by atoms with Crippen LogP contribution in [0.3, 0.4) is 0 Å². The van der Waals surface area contributed by atoms with Crippen LogP contribution in [-0.2, 0) is 4.79 Å². The van der Waals surface area contributed by atoms with Gasteiger partial charge in [0.1, 0.15) is 0 Å². The summed E-state index contributed by atoms with van der Waals surface area (Å²) in [6.45, 7) is 5.21. The maximum atomic E-state index is 11.6. The topological polar surface area (TPSA) is 72.3 Å². The highest BCUT2D eigenvalue weighted by Crippen LogP contribution is 2.22. The number of rotatable bonds is 2. The number of hydrogen-bond donors (Lipinski definition) is 2. The van der Waals surface area contributed by atoms with Crippen molar-refractivity contribution in [1.29, 1.82) is 0 Å². The van der Waals surface area contributed by atoms with Crippen LogP contribution in [-0.4, -0.2) is 36.0 Å². The number of amides is 1. The number of carbonyl (C=O) groups is 1. The Morgan fingerprint density at radius 1 is 1.64 bits per heavy atom. The molecule has 1 heterocycles. The zero-order valence-corrected chi connectivity index (χ0v) is 9.59. The van der Waals surface area contributed by atoms with E-state index in [4.69, 9.17) is 11.5 Å². The van der Waals surface area contributed by atoms with Crippen molar-refractivity contribution >= 4 is 18.3 Å². The molecule has 0 saturated carbocycles. The number of nitrogens with zero attached hydrogens (tertiary/aromatic N) is 1. The summed E-state index contributed by atoms with van der Waals surface area (Å²) in [6, 6.07) is -0.0916. The lowest BCUT2D eigenvalue weighted by Crippen LogP contribution is -2.43. The second-order valence-corrected chi connectivity index (χ2v) is 3.97. The van der Waals surface area contributed by atoms with Crippen molar-refractivity contribution in [3.8, 4) is 0 Å². The second-order valence-electron chi connectivity index (χ2n) is 3.97. The molecule has 84 valence electrons. The number of hydrogen-bond acceptors (Lipinski definition) is 3. The minimum Gasteiger partial charge on any atom is -0.338 e. The van der Waals surface area contributed by atoms with Gasteiger partial charge in [0.2, 0.25) is 5.91 Å². The number of carbonyl (C=O) groups excluding carboxylic acids is 1. The first kappa shape index (κ1) is 13.7. The molecule has 14 heavy (non-hydrogen) atoms. The maximum absolute atomic E-state index is 11.6. The summed E-state index contributed by atoms with van der Waals surface area (Å²) in [7, 11) is 0. The lowest BCUT2D eigenvalue weighted by Gasteiger charge is -2.23. The van der Waals surface area contributed by atoms with Crippen LogP contribution in [0.4, 0.5) is 0 Å². The molecule has 0 radical (unpaired) electrons. The first-order valence-corrected chi connectivity index (χ1v) is 4.82. The summed E-state index contributed by atoms with van der Waals surface area (Å²) >= 11 is 0. The lowest BCUT2D eigenvalue weighted by atomic mass is 10.1. The van der Waals surface area contributed by atoms with Gasteiger partial charge in [-0.25, -0.2) is 0 Å². The Morgan fingerprint density at radius 3 is 2.57 bits per heavy atom. The zero-order valence-electron chi connectivity index (χ0n) is 8.77. The predicted octanol–water partition coefficient (Wildman–Crippen LogP) is -0.0489. The van der Waals surface area contributed by atoms with Crippen LogP contribution >= 0.6 is 12.4 Å². The van der Waals surface area contributed by atoms with Gasteiger partial charge in [0.25, 0.3) is 0 Å². The van der Waals surface area contributed by atoms with Crippen LogP contribution in [0.15, 0.2) is 0 Å². The van der Waals surface area contributed by atoms with E-state index in [0.717, 1.165) is 13.0 Å². The fourth-order valence-corrected chi connectivity index (χ4v) is 1.88. The minimum atomic E-state index is -0.390. The molecule has 0 aromatic rings. The van der Waals surface area contributed by atoms with Crippen LogP contribution in [0, 0.1) is 5.92 Å². The van der Waals surface area contributed by atoms with Crippen molar-refractivity contribution in [2.75, 3.05) is 13.1 Å². The molecular formula is C9H20ClN3O. The molecule has 4 nitrogen and oxygen atoms in total. The van der Waals surface area contributed by atoms with Crippen molar-refractivity contribution in [2.24, 2.45) is 17.4 Å². The van der Waals surface area contributed by atoms with Crippen LogP contribution in [0.2, 0.25) is 0 Å². The fourth-order valence-electron chi connectivity index (χ4n) is 1.88. The third kappa shape index (κ3) is 2.83. The van der Waals surface area contributed by atoms with Gasteiger partial charge in [-0.3, -0.25) is 4.79 Å². The molecule has 1 fully saturated rings. The largest absolute Gasteiger partial charge is 0.338 e. The Labute approximate surface area is 91.4 Å². The maximum Gasteiger partial charge on any atom is 0.239 e. The highest BCUT2D eigenvalue weighted by atomic mass is 35.5. The smallest absolute Gasteiger partial charge is 0.239 e. The van der Waals surface area contributed by atoms with Gasteiger partial charge in [-0.05, 0) is 32.7 Å². The van der Waals surface area contributed by atoms with Gasteiger partial charge in [-0.2, -0.15) is 0 Å². The van der Waals surface area contributed by atoms with E-state index in [1.165, 1.54) is 0 Å². The van der Waals surface area contributed by atoms with E-state index in [9.17, 15) is 4.79 Å². The van der Waals surface area contributed by atoms with Crippen molar-refractivity contribution in [3.63, 3.8) is 0 Å². The van der Waals surface area contributed by atoms with E-state index in [2.05, 4.69) is 6.92 Å². The molecule has 0 spiro atoms. The average Bonchev–Trinajstić information content (AvgIpc) is 2.45. The molecule has 3 atom stereocenters. The van der Waals surface area contributed by atoms with Crippen molar-refractivity contribution in [2.45, 2.75) is 32.4 Å². The molecule has 0 bridgehead atoms. The number of nitrogens with two attached hydrogens (primary N) is 2. The fraction of sp³-hybridized carbons (Fsp3) is 0.889. The molecule has 0 aliphatic carbocycles. The Hall–Kier alpha value is -0.320. The molecule has 0 aromatic heterocycles. The molecule has 1 amide bonds. The Bertz CT molecular complexity index is 198. The van der Waals surface area contributed by atoms with Crippen molar-refractivity contribution < 1.29 is 4.79 Å². The molecule has 1 saturated heterocycles. The summed E-state index contributed by atoms with van der Waals surface area (Å²) in [5, 5.41) is 0. The van der Waals surface area contributed by atoms with Crippen LogP contribution in [0.25, 0.3) is 0 Å². The number of likely N-dealkylation sites (tertiary alicyclic amines) is 1. The van der Waals surface area contributed by atoms with Gasteiger partial charge in [0, 0.05) is 12.6 Å². The van der Waals surface area contributed by atoms with Crippen LogP contribution < -0.4 is 11.5 Å². The first-order valence-electron chi connectivity index (χ1n) is 4.82. The van der Waals surface area contributed by atoms with E-state index in [1.807, 2.05) is 4.90 Å². The summed E-state index contributed by atoms with van der Waals surface area (Å²) in [5.41, 5.74) is 11.1. The number of halogens is 1. The third-order valence-electron chi connectivity index (χ3n) is 2.67. The van der Waals surface area contributed by atoms with E-state index in [0.29, 0.717) is 18.5 Å². The molecule has 2 unspecified atom stereocenters. The molecule has 5 heteroatoms. The van der Waals surface area contributed by atoms with Gasteiger partial charge in [-0.15, -0.1) is 12.4 Å². The first-order chi connectivity index (χ1) is 6.06. The van der Waals surface area contributed by atoms with Gasteiger partial charge in [0.15, 0.2) is 0 Å². The average molecular weight is 222 g/mol. The molecule has 1 aliphatic rings. The van der Waals surface area contributed by atoms with Gasteiger partial charge >= 0.3 is 0 Å². The highest BCUT2D eigenvalue weighted by Gasteiger charge is 2.32. The molecule has 1 rings (SSSR count). The quantitative estimate of drug-likeness (QED) is 0.687. The molecular weight excluding hydrogens is 202 g/mol. The van der Waals surface area contributed by atoms with E-state index in [1.54, 1.807) is 6.92 Å². The van der Waals surface area contributed by atoms with Crippen molar-refractivity contribution in [1.82, 2.24) is 4.90 Å². The molecule has 1 aliphatic heterocycles. The standard InChI is InChI=1S/C9H19N3O.ClH/c1-6-3-8(4-10)5-12(6)9(13)7(2)11;/h6-8H,3-5,10-11H2,1-2H3;1H/t6?,7-,8?;/m1./s1. The highest BCUT2D eigenvalue weighted by molar-refractivity contribution is 5.85. The molecule has 4 N–H and O–H groups in total. The lowest BCUT2D eigenvalue weighted by molar-refractivity contribution is -0.132.